The van der Waals surface area contributed by atoms with Gasteiger partial charge in [-0.2, -0.15) is 0 Å². The van der Waals surface area contributed by atoms with Gasteiger partial charge in [-0.15, -0.1) is 0 Å². The Hall–Kier alpha value is -0.353. The van der Waals surface area contributed by atoms with E-state index < -0.39 is 9.28 Å². The maximum atomic E-state index is 10.4. The van der Waals surface area contributed by atoms with Crippen molar-refractivity contribution in [2.45, 2.75) is 26.3 Å². The molecule has 0 fully saturated rings. The predicted molar refractivity (Wildman–Crippen MR) is 39.6 cm³/mol. The predicted octanol–water partition coefficient (Wildman–Crippen LogP) is 1.09. The van der Waals surface area contributed by atoms with E-state index in [1.165, 1.54) is 6.92 Å². The molecule has 0 rings (SSSR count). The SMILES string of the molecule is CO[Si](OC(C)=O)C(C)C. The van der Waals surface area contributed by atoms with Crippen LogP contribution in [0, 0.1) is 0 Å². The second-order valence-electron chi connectivity index (χ2n) is 2.27. The minimum Gasteiger partial charge on any atom is -0.492 e. The summed E-state index contributed by atoms with van der Waals surface area (Å²) in [5.41, 5.74) is 0.305. The Labute approximate surface area is 63.2 Å². The van der Waals surface area contributed by atoms with Crippen LogP contribution in [-0.4, -0.2) is 22.4 Å². The average molecular weight is 161 g/mol. The molecule has 10 heavy (non-hydrogen) atoms. The largest absolute Gasteiger partial charge is 0.492 e. The summed E-state index contributed by atoms with van der Waals surface area (Å²) in [5.74, 6) is -0.260. The number of rotatable bonds is 3. The van der Waals surface area contributed by atoms with Crippen LogP contribution < -0.4 is 0 Å². The fraction of sp³-hybridized carbons (Fsp3) is 0.833. The Bertz CT molecular complexity index is 114. The van der Waals surface area contributed by atoms with Gasteiger partial charge in [-0.05, 0) is 0 Å². The number of carbonyl (C=O) groups excluding carboxylic acids is 1. The highest BCUT2D eigenvalue weighted by Gasteiger charge is 2.22. The second-order valence-corrected chi connectivity index (χ2v) is 4.68. The summed E-state index contributed by atoms with van der Waals surface area (Å²) in [4.78, 5) is 10.4. The quantitative estimate of drug-likeness (QED) is 0.581. The molecule has 0 aliphatic rings. The molecule has 0 spiro atoms. The lowest BCUT2D eigenvalue weighted by Gasteiger charge is -2.13. The fourth-order valence-electron chi connectivity index (χ4n) is 0.537. The van der Waals surface area contributed by atoms with Crippen molar-refractivity contribution in [1.29, 1.82) is 0 Å². The van der Waals surface area contributed by atoms with Crippen molar-refractivity contribution in [3.8, 4) is 0 Å². The zero-order valence-corrected chi connectivity index (χ0v) is 7.80. The third-order valence-electron chi connectivity index (χ3n) is 0.917. The summed E-state index contributed by atoms with van der Waals surface area (Å²) in [6.45, 7) is 5.34. The van der Waals surface area contributed by atoms with Gasteiger partial charge in [0.1, 0.15) is 0 Å². The van der Waals surface area contributed by atoms with Crippen molar-refractivity contribution < 1.29 is 13.6 Å². The Balaban J connectivity index is 3.71. The van der Waals surface area contributed by atoms with Gasteiger partial charge in [0.15, 0.2) is 0 Å². The average Bonchev–Trinajstić information content (AvgIpc) is 1.81. The standard InChI is InChI=1S/C6H13O3Si/c1-5(2)10(8-4)9-6(3)7/h5H,1-4H3. The molecule has 0 saturated carbocycles. The van der Waals surface area contributed by atoms with Crippen LogP contribution in [0.15, 0.2) is 0 Å². The van der Waals surface area contributed by atoms with E-state index in [-0.39, 0.29) is 5.97 Å². The van der Waals surface area contributed by atoms with Gasteiger partial charge in [-0.3, -0.25) is 4.79 Å². The van der Waals surface area contributed by atoms with Crippen LogP contribution in [0.1, 0.15) is 20.8 Å². The molecule has 0 heterocycles. The first kappa shape index (κ1) is 9.65. The molecule has 0 saturated heterocycles. The molecular formula is C6H13O3Si. The maximum Gasteiger partial charge on any atom is 0.462 e. The van der Waals surface area contributed by atoms with E-state index >= 15 is 0 Å². The third kappa shape index (κ3) is 3.63. The summed E-state index contributed by atoms with van der Waals surface area (Å²) in [5, 5.41) is 0. The van der Waals surface area contributed by atoms with E-state index in [1.54, 1.807) is 7.11 Å². The lowest BCUT2D eigenvalue weighted by atomic mass is 10.6. The zero-order chi connectivity index (χ0) is 8.15. The molecule has 3 nitrogen and oxygen atoms in total. The van der Waals surface area contributed by atoms with Gasteiger partial charge in [0.2, 0.25) is 0 Å². The summed E-state index contributed by atoms with van der Waals surface area (Å²) in [6.07, 6.45) is 0. The molecule has 0 aromatic heterocycles. The van der Waals surface area contributed by atoms with Gasteiger partial charge in [0.05, 0.1) is 0 Å². The first-order chi connectivity index (χ1) is 4.57. The minimum atomic E-state index is -1.35. The molecule has 0 bridgehead atoms. The summed E-state index contributed by atoms with van der Waals surface area (Å²) < 4.78 is 9.88. The highest BCUT2D eigenvalue weighted by molar-refractivity contribution is 6.48. The van der Waals surface area contributed by atoms with Crippen molar-refractivity contribution in [3.63, 3.8) is 0 Å². The first-order valence-corrected chi connectivity index (χ1v) is 4.56. The summed E-state index contributed by atoms with van der Waals surface area (Å²) in [7, 11) is 0.217. The van der Waals surface area contributed by atoms with E-state index in [0.717, 1.165) is 0 Å². The van der Waals surface area contributed by atoms with Gasteiger partial charge in [-0.25, -0.2) is 0 Å². The van der Waals surface area contributed by atoms with E-state index in [0.29, 0.717) is 5.54 Å². The number of hydrogen-bond acceptors (Lipinski definition) is 3. The van der Waals surface area contributed by atoms with Crippen LogP contribution in [0.4, 0.5) is 0 Å². The zero-order valence-electron chi connectivity index (χ0n) is 6.80. The van der Waals surface area contributed by atoms with E-state index in [9.17, 15) is 4.79 Å². The summed E-state index contributed by atoms with van der Waals surface area (Å²) >= 11 is 0. The molecule has 1 radical (unpaired) electrons. The molecule has 4 heteroatoms. The smallest absolute Gasteiger partial charge is 0.462 e. The highest BCUT2D eigenvalue weighted by Crippen LogP contribution is 2.08. The molecule has 0 amide bonds. The summed E-state index contributed by atoms with van der Waals surface area (Å²) in [6, 6.07) is 0. The monoisotopic (exact) mass is 161 g/mol. The van der Waals surface area contributed by atoms with Crippen LogP contribution in [0.2, 0.25) is 5.54 Å². The molecule has 0 aliphatic heterocycles. The van der Waals surface area contributed by atoms with Gasteiger partial charge in [0.25, 0.3) is 5.97 Å². The maximum absolute atomic E-state index is 10.4. The van der Waals surface area contributed by atoms with Crippen LogP contribution in [0.5, 0.6) is 0 Å². The number of hydrogen-bond donors (Lipinski definition) is 0. The Kier molecular flexibility index (Phi) is 4.30. The van der Waals surface area contributed by atoms with E-state index in [2.05, 4.69) is 0 Å². The lowest BCUT2D eigenvalue weighted by Crippen LogP contribution is -2.26. The molecule has 59 valence electrons. The molecule has 0 aromatic carbocycles. The Morgan fingerprint density at radius 2 is 2.00 bits per heavy atom. The van der Waals surface area contributed by atoms with Gasteiger partial charge >= 0.3 is 9.28 Å². The van der Waals surface area contributed by atoms with Crippen molar-refractivity contribution in [3.05, 3.63) is 0 Å². The van der Waals surface area contributed by atoms with Gasteiger partial charge in [0, 0.05) is 19.6 Å². The Morgan fingerprint density at radius 3 is 2.10 bits per heavy atom. The van der Waals surface area contributed by atoms with E-state index in [4.69, 9.17) is 8.85 Å². The van der Waals surface area contributed by atoms with Crippen LogP contribution in [-0.2, 0) is 13.6 Å². The van der Waals surface area contributed by atoms with Gasteiger partial charge in [-0.1, -0.05) is 13.8 Å². The second kappa shape index (κ2) is 4.46. The fourth-order valence-corrected chi connectivity index (χ4v) is 1.61. The molecule has 0 aliphatic carbocycles. The normalized spacial score (nSPS) is 10.6. The van der Waals surface area contributed by atoms with Crippen molar-refractivity contribution in [1.82, 2.24) is 0 Å². The molecule has 0 atom stereocenters. The van der Waals surface area contributed by atoms with Crippen LogP contribution in [0.25, 0.3) is 0 Å². The molecule has 0 unspecified atom stereocenters. The van der Waals surface area contributed by atoms with Crippen molar-refractivity contribution in [2.75, 3.05) is 7.11 Å². The highest BCUT2D eigenvalue weighted by atomic mass is 28.3. The van der Waals surface area contributed by atoms with Crippen molar-refractivity contribution >= 4 is 15.3 Å². The molecule has 0 aromatic rings. The number of carbonyl (C=O) groups is 1. The van der Waals surface area contributed by atoms with Crippen LogP contribution >= 0.6 is 0 Å². The topological polar surface area (TPSA) is 35.5 Å². The van der Waals surface area contributed by atoms with Crippen LogP contribution in [0.3, 0.4) is 0 Å². The molecular weight excluding hydrogens is 148 g/mol. The lowest BCUT2D eigenvalue weighted by molar-refractivity contribution is -0.133. The third-order valence-corrected chi connectivity index (χ3v) is 2.75. The van der Waals surface area contributed by atoms with Gasteiger partial charge < -0.3 is 8.85 Å². The first-order valence-electron chi connectivity index (χ1n) is 3.17. The van der Waals surface area contributed by atoms with Crippen molar-refractivity contribution in [2.24, 2.45) is 0 Å². The molecule has 0 N–H and O–H groups in total. The van der Waals surface area contributed by atoms with E-state index in [1.807, 2.05) is 13.8 Å². The Morgan fingerprint density at radius 1 is 1.50 bits per heavy atom. The minimum absolute atomic E-state index is 0.260.